The molecule has 10 heteroatoms. The van der Waals surface area contributed by atoms with Crippen LogP contribution in [0.4, 0.5) is 16.2 Å². The molecular formula is C28H31N3O7. The van der Waals surface area contributed by atoms with Gasteiger partial charge in [-0.05, 0) is 69.5 Å². The zero-order valence-corrected chi connectivity index (χ0v) is 21.7. The molecule has 0 saturated carbocycles. The maximum Gasteiger partial charge on any atom is 0.358 e. The highest BCUT2D eigenvalue weighted by molar-refractivity contribution is 6.07. The molecule has 4 rings (SSSR count). The van der Waals surface area contributed by atoms with Crippen molar-refractivity contribution < 1.29 is 33.8 Å². The molecule has 0 unspecified atom stereocenters. The van der Waals surface area contributed by atoms with Crippen molar-refractivity contribution in [2.24, 2.45) is 11.3 Å². The molecule has 1 saturated heterocycles. The van der Waals surface area contributed by atoms with Crippen LogP contribution < -0.4 is 10.6 Å². The summed E-state index contributed by atoms with van der Waals surface area (Å²) in [5, 5.41) is 15.6. The van der Waals surface area contributed by atoms with E-state index in [1.807, 2.05) is 18.2 Å². The lowest BCUT2D eigenvalue weighted by Gasteiger charge is -2.44. The number of carbonyl (C=O) groups excluding carboxylic acids is 4. The quantitative estimate of drug-likeness (QED) is 0.287. The first kappa shape index (κ1) is 26.9. The number of carbonyl (C=O) groups is 4. The third-order valence-electron chi connectivity index (χ3n) is 6.44. The number of ether oxygens (including phenoxy) is 2. The van der Waals surface area contributed by atoms with Gasteiger partial charge in [0.2, 0.25) is 12.7 Å². The van der Waals surface area contributed by atoms with Crippen LogP contribution in [0.2, 0.25) is 0 Å². The highest BCUT2D eigenvalue weighted by atomic mass is 16.7. The van der Waals surface area contributed by atoms with Crippen molar-refractivity contribution in [3.05, 3.63) is 65.9 Å². The standard InChI is InChI=1S/C28H31N3O7/c1-16(32)22-21-14-20(23(31(21)24(22)33)25(34)37-15-38-26(35)28(2,3)4)17-10-12-19(13-11-17)30-27(36)29-18-8-6-5-7-9-18/h5-13,16,21-22,32H,14-15H2,1-4H3,(H2,29,30,36)/t16-,21-,22-/m1/s1. The summed E-state index contributed by atoms with van der Waals surface area (Å²) < 4.78 is 10.3. The predicted octanol–water partition coefficient (Wildman–Crippen LogP) is 3.74. The molecule has 3 atom stereocenters. The van der Waals surface area contributed by atoms with E-state index in [4.69, 9.17) is 9.47 Å². The average Bonchev–Trinajstić information content (AvgIpc) is 3.19. The number of urea groups is 1. The fourth-order valence-corrected chi connectivity index (χ4v) is 4.51. The van der Waals surface area contributed by atoms with Gasteiger partial charge in [-0.25, -0.2) is 9.59 Å². The third-order valence-corrected chi connectivity index (χ3v) is 6.44. The second-order valence-electron chi connectivity index (χ2n) is 10.3. The van der Waals surface area contributed by atoms with Crippen molar-refractivity contribution in [1.29, 1.82) is 0 Å². The van der Waals surface area contributed by atoms with Gasteiger partial charge in [0.1, 0.15) is 5.70 Å². The lowest BCUT2D eigenvalue weighted by Crippen LogP contribution is -2.61. The Kier molecular flexibility index (Phi) is 7.54. The van der Waals surface area contributed by atoms with Crippen LogP contribution in [0.3, 0.4) is 0 Å². The van der Waals surface area contributed by atoms with Crippen LogP contribution in [-0.2, 0) is 23.9 Å². The minimum Gasteiger partial charge on any atom is -0.427 e. The van der Waals surface area contributed by atoms with Crippen LogP contribution in [-0.4, -0.2) is 52.8 Å². The van der Waals surface area contributed by atoms with Gasteiger partial charge in [-0.1, -0.05) is 30.3 Å². The SMILES string of the molecule is C[C@@H](O)[C@H]1C(=O)N2C(C(=O)OCOC(=O)C(C)(C)C)=C(c3ccc(NC(=O)Nc4ccccc4)cc3)C[C@H]12. The van der Waals surface area contributed by atoms with Gasteiger partial charge >= 0.3 is 18.0 Å². The normalized spacial score (nSPS) is 19.3. The Morgan fingerprint density at radius 2 is 1.61 bits per heavy atom. The molecule has 38 heavy (non-hydrogen) atoms. The molecule has 3 N–H and O–H groups in total. The highest BCUT2D eigenvalue weighted by Gasteiger charge is 2.57. The molecule has 0 aromatic heterocycles. The van der Waals surface area contributed by atoms with E-state index in [-0.39, 0.29) is 17.6 Å². The fraction of sp³-hybridized carbons (Fsp3) is 0.357. The number of aliphatic hydroxyl groups is 1. The van der Waals surface area contributed by atoms with Crippen LogP contribution >= 0.6 is 0 Å². The van der Waals surface area contributed by atoms with Crippen molar-refractivity contribution in [3.63, 3.8) is 0 Å². The van der Waals surface area contributed by atoms with E-state index >= 15 is 0 Å². The highest BCUT2D eigenvalue weighted by Crippen LogP contribution is 2.47. The summed E-state index contributed by atoms with van der Waals surface area (Å²) in [6, 6.07) is 15.1. The van der Waals surface area contributed by atoms with E-state index in [1.54, 1.807) is 64.1 Å². The number of para-hydroxylation sites is 1. The van der Waals surface area contributed by atoms with E-state index in [1.165, 1.54) is 4.90 Å². The zero-order valence-electron chi connectivity index (χ0n) is 21.7. The molecule has 0 aliphatic carbocycles. The van der Waals surface area contributed by atoms with Crippen molar-refractivity contribution in [2.45, 2.75) is 46.3 Å². The molecule has 0 spiro atoms. The van der Waals surface area contributed by atoms with Crippen molar-refractivity contribution in [1.82, 2.24) is 4.90 Å². The molecule has 2 heterocycles. The van der Waals surface area contributed by atoms with Gasteiger partial charge in [0, 0.05) is 11.4 Å². The number of amides is 3. The largest absolute Gasteiger partial charge is 0.427 e. The van der Waals surface area contributed by atoms with Gasteiger partial charge in [0.05, 0.1) is 23.5 Å². The number of rotatable bonds is 7. The Hall–Kier alpha value is -4.18. The monoisotopic (exact) mass is 521 g/mol. The molecule has 2 aromatic carbocycles. The molecule has 0 radical (unpaired) electrons. The third kappa shape index (κ3) is 5.55. The summed E-state index contributed by atoms with van der Waals surface area (Å²) in [5.74, 6) is -2.32. The molecule has 10 nitrogen and oxygen atoms in total. The molecule has 0 bridgehead atoms. The van der Waals surface area contributed by atoms with E-state index in [2.05, 4.69) is 10.6 Å². The Morgan fingerprint density at radius 3 is 2.18 bits per heavy atom. The number of nitrogens with zero attached hydrogens (tertiary/aromatic N) is 1. The maximum atomic E-state index is 13.1. The Labute approximate surface area is 220 Å². The summed E-state index contributed by atoms with van der Waals surface area (Å²) >= 11 is 0. The number of hydrogen-bond donors (Lipinski definition) is 3. The number of fused-ring (bicyclic) bond motifs is 1. The average molecular weight is 522 g/mol. The number of β-lactam (4-membered cyclic amide) rings is 1. The number of benzene rings is 2. The van der Waals surface area contributed by atoms with Gasteiger partial charge < -0.3 is 30.1 Å². The smallest absolute Gasteiger partial charge is 0.358 e. The fourth-order valence-electron chi connectivity index (χ4n) is 4.51. The number of aliphatic hydroxyl groups excluding tert-OH is 1. The lowest BCUT2D eigenvalue weighted by molar-refractivity contribution is -0.175. The van der Waals surface area contributed by atoms with Gasteiger partial charge in [0.25, 0.3) is 0 Å². The van der Waals surface area contributed by atoms with E-state index in [0.29, 0.717) is 28.9 Å². The summed E-state index contributed by atoms with van der Waals surface area (Å²) in [6.45, 7) is 5.99. The lowest BCUT2D eigenvalue weighted by atomic mass is 9.82. The summed E-state index contributed by atoms with van der Waals surface area (Å²) in [6.07, 6.45) is -0.530. The van der Waals surface area contributed by atoms with Gasteiger partial charge in [-0.15, -0.1) is 0 Å². The molecule has 1 fully saturated rings. The van der Waals surface area contributed by atoms with E-state index in [9.17, 15) is 24.3 Å². The topological polar surface area (TPSA) is 134 Å². The van der Waals surface area contributed by atoms with Crippen LogP contribution in [0, 0.1) is 11.3 Å². The first-order chi connectivity index (χ1) is 18.0. The minimum absolute atomic E-state index is 0.0613. The maximum absolute atomic E-state index is 13.1. The predicted molar refractivity (Wildman–Crippen MR) is 139 cm³/mol. The van der Waals surface area contributed by atoms with Crippen molar-refractivity contribution in [3.8, 4) is 0 Å². The summed E-state index contributed by atoms with van der Waals surface area (Å²) in [7, 11) is 0. The summed E-state index contributed by atoms with van der Waals surface area (Å²) in [4.78, 5) is 51.5. The first-order valence-corrected chi connectivity index (χ1v) is 12.3. The molecule has 200 valence electrons. The van der Waals surface area contributed by atoms with Crippen molar-refractivity contribution >= 4 is 40.8 Å². The van der Waals surface area contributed by atoms with Crippen LogP contribution in [0.5, 0.6) is 0 Å². The Balaban J connectivity index is 1.51. The Bertz CT molecular complexity index is 1260. The van der Waals surface area contributed by atoms with Crippen LogP contribution in [0.1, 0.15) is 39.7 Å². The van der Waals surface area contributed by atoms with E-state index in [0.717, 1.165) is 0 Å². The number of anilines is 2. The van der Waals surface area contributed by atoms with Gasteiger partial charge in [-0.2, -0.15) is 0 Å². The molecular weight excluding hydrogens is 490 g/mol. The van der Waals surface area contributed by atoms with Gasteiger partial charge in [0.15, 0.2) is 0 Å². The first-order valence-electron chi connectivity index (χ1n) is 12.3. The molecule has 2 aliphatic heterocycles. The van der Waals surface area contributed by atoms with Crippen LogP contribution in [0.15, 0.2) is 60.3 Å². The summed E-state index contributed by atoms with van der Waals surface area (Å²) in [5.41, 5.74) is 1.70. The number of nitrogens with one attached hydrogen (secondary N) is 2. The van der Waals surface area contributed by atoms with Crippen LogP contribution in [0.25, 0.3) is 5.57 Å². The second kappa shape index (κ2) is 10.7. The number of hydrogen-bond acceptors (Lipinski definition) is 7. The zero-order chi connectivity index (χ0) is 27.6. The second-order valence-corrected chi connectivity index (χ2v) is 10.3. The molecule has 2 aromatic rings. The van der Waals surface area contributed by atoms with Gasteiger partial charge in [-0.3, -0.25) is 9.59 Å². The Morgan fingerprint density at radius 1 is 1.00 bits per heavy atom. The molecule has 3 amide bonds. The van der Waals surface area contributed by atoms with Crippen molar-refractivity contribution in [2.75, 3.05) is 17.4 Å². The number of esters is 2. The van der Waals surface area contributed by atoms with E-state index < -0.39 is 42.2 Å². The molecule has 2 aliphatic rings. The minimum atomic E-state index is -0.872.